The number of hydrogen-bond acceptors (Lipinski definition) is 2. The van der Waals surface area contributed by atoms with Crippen molar-refractivity contribution >= 4 is 5.91 Å². The van der Waals surface area contributed by atoms with E-state index < -0.39 is 0 Å². The quantitative estimate of drug-likeness (QED) is 0.723. The Balaban J connectivity index is 2.13. The first-order valence-electron chi connectivity index (χ1n) is 4.48. The Morgan fingerprint density at radius 2 is 2.38 bits per heavy atom. The molecule has 2 rings (SSSR count). The topological polar surface area (TPSA) is 46.9 Å². The van der Waals surface area contributed by atoms with Gasteiger partial charge in [0.25, 0.3) is 5.91 Å². The van der Waals surface area contributed by atoms with Crippen molar-refractivity contribution in [1.82, 2.24) is 15.1 Å². The summed E-state index contributed by atoms with van der Waals surface area (Å²) in [5.41, 5.74) is 1.48. The van der Waals surface area contributed by atoms with Crippen LogP contribution in [-0.2, 0) is 7.05 Å². The predicted molar refractivity (Wildman–Crippen MR) is 48.4 cm³/mol. The lowest BCUT2D eigenvalue weighted by Gasteiger charge is -1.99. The van der Waals surface area contributed by atoms with Gasteiger partial charge in [-0.15, -0.1) is 0 Å². The van der Waals surface area contributed by atoms with Crippen LogP contribution < -0.4 is 5.32 Å². The lowest BCUT2D eigenvalue weighted by atomic mass is 10.2. The number of aromatic nitrogens is 2. The van der Waals surface area contributed by atoms with Crippen molar-refractivity contribution in [2.45, 2.75) is 25.8 Å². The molecule has 1 aromatic heterocycles. The molecule has 1 fully saturated rings. The molecule has 0 atom stereocenters. The number of nitrogens with zero attached hydrogens (tertiary/aromatic N) is 2. The smallest absolute Gasteiger partial charge is 0.254 e. The van der Waals surface area contributed by atoms with Gasteiger partial charge in [-0.25, -0.2) is 0 Å². The van der Waals surface area contributed by atoms with Gasteiger partial charge in [0.1, 0.15) is 0 Å². The fourth-order valence-corrected chi connectivity index (χ4v) is 1.31. The van der Waals surface area contributed by atoms with Crippen molar-refractivity contribution < 1.29 is 4.79 Å². The monoisotopic (exact) mass is 179 g/mol. The molecule has 0 aliphatic heterocycles. The molecule has 0 radical (unpaired) electrons. The maximum atomic E-state index is 11.6. The predicted octanol–water partition coefficient (Wildman–Crippen LogP) is 0.621. The van der Waals surface area contributed by atoms with Gasteiger partial charge in [-0.05, 0) is 19.8 Å². The molecule has 1 aromatic rings. The highest BCUT2D eigenvalue weighted by Gasteiger charge is 2.25. The van der Waals surface area contributed by atoms with E-state index in [0.29, 0.717) is 11.6 Å². The van der Waals surface area contributed by atoms with E-state index in [2.05, 4.69) is 10.4 Å². The largest absolute Gasteiger partial charge is 0.349 e. The molecule has 1 aliphatic rings. The normalized spacial score (nSPS) is 15.8. The lowest BCUT2D eigenvalue weighted by Crippen LogP contribution is -2.25. The molecule has 13 heavy (non-hydrogen) atoms. The van der Waals surface area contributed by atoms with E-state index in [1.807, 2.05) is 14.0 Å². The zero-order valence-corrected chi connectivity index (χ0v) is 7.87. The highest BCUT2D eigenvalue weighted by molar-refractivity contribution is 5.95. The van der Waals surface area contributed by atoms with Crippen LogP contribution in [-0.4, -0.2) is 21.7 Å². The van der Waals surface area contributed by atoms with Gasteiger partial charge in [-0.1, -0.05) is 0 Å². The summed E-state index contributed by atoms with van der Waals surface area (Å²) in [5, 5.41) is 7.05. The van der Waals surface area contributed by atoms with Crippen LogP contribution in [0.25, 0.3) is 0 Å². The van der Waals surface area contributed by atoms with Crippen LogP contribution in [0.1, 0.15) is 28.9 Å². The summed E-state index contributed by atoms with van der Waals surface area (Å²) < 4.78 is 1.66. The average molecular weight is 179 g/mol. The third-order valence-electron chi connectivity index (χ3n) is 2.17. The molecule has 1 N–H and O–H groups in total. The minimum atomic E-state index is 0.00750. The molecule has 0 saturated heterocycles. The van der Waals surface area contributed by atoms with Crippen molar-refractivity contribution in [2.75, 3.05) is 0 Å². The van der Waals surface area contributed by atoms with E-state index >= 15 is 0 Å². The molecule has 1 amide bonds. The Morgan fingerprint density at radius 3 is 2.85 bits per heavy atom. The van der Waals surface area contributed by atoms with E-state index in [4.69, 9.17) is 0 Å². The molecule has 1 heterocycles. The molecule has 1 aliphatic carbocycles. The standard InChI is InChI=1S/C9H13N3O/c1-6-8(5-12(2)11-6)9(13)10-7-3-4-7/h5,7H,3-4H2,1-2H3,(H,10,13). The Morgan fingerprint density at radius 1 is 1.69 bits per heavy atom. The second-order valence-corrected chi connectivity index (χ2v) is 3.55. The zero-order chi connectivity index (χ0) is 9.42. The van der Waals surface area contributed by atoms with Gasteiger partial charge >= 0.3 is 0 Å². The molecule has 70 valence electrons. The van der Waals surface area contributed by atoms with Crippen molar-refractivity contribution in [3.8, 4) is 0 Å². The van der Waals surface area contributed by atoms with Crippen molar-refractivity contribution in [2.24, 2.45) is 7.05 Å². The number of aryl methyl sites for hydroxylation is 2. The van der Waals surface area contributed by atoms with Gasteiger partial charge in [0.15, 0.2) is 0 Å². The molecular weight excluding hydrogens is 166 g/mol. The Hall–Kier alpha value is -1.32. The molecule has 4 nitrogen and oxygen atoms in total. The molecule has 0 unspecified atom stereocenters. The highest BCUT2D eigenvalue weighted by atomic mass is 16.1. The van der Waals surface area contributed by atoms with E-state index in [1.165, 1.54) is 0 Å². The van der Waals surface area contributed by atoms with Gasteiger partial charge in [0.2, 0.25) is 0 Å². The number of nitrogens with one attached hydrogen (secondary N) is 1. The van der Waals surface area contributed by atoms with Crippen molar-refractivity contribution in [3.05, 3.63) is 17.5 Å². The minimum Gasteiger partial charge on any atom is -0.349 e. The van der Waals surface area contributed by atoms with Crippen LogP contribution in [0.15, 0.2) is 6.20 Å². The van der Waals surface area contributed by atoms with Crippen LogP contribution in [0.2, 0.25) is 0 Å². The molecule has 1 saturated carbocycles. The summed E-state index contributed by atoms with van der Waals surface area (Å²) in [4.78, 5) is 11.6. The average Bonchev–Trinajstić information content (AvgIpc) is 2.77. The molecule has 4 heteroatoms. The maximum Gasteiger partial charge on any atom is 0.254 e. The fourth-order valence-electron chi connectivity index (χ4n) is 1.31. The molecule has 0 spiro atoms. The summed E-state index contributed by atoms with van der Waals surface area (Å²) in [6.07, 6.45) is 3.99. The first kappa shape index (κ1) is 8.29. The van der Waals surface area contributed by atoms with Crippen LogP contribution >= 0.6 is 0 Å². The van der Waals surface area contributed by atoms with Crippen molar-refractivity contribution in [1.29, 1.82) is 0 Å². The Kier molecular flexibility index (Phi) is 1.83. The first-order chi connectivity index (χ1) is 6.16. The third-order valence-corrected chi connectivity index (χ3v) is 2.17. The van der Waals surface area contributed by atoms with Crippen LogP contribution in [0.5, 0.6) is 0 Å². The van der Waals surface area contributed by atoms with E-state index in [0.717, 1.165) is 18.5 Å². The van der Waals surface area contributed by atoms with Gasteiger partial charge in [0, 0.05) is 19.3 Å². The van der Waals surface area contributed by atoms with E-state index in [9.17, 15) is 4.79 Å². The minimum absolute atomic E-state index is 0.00750. The SMILES string of the molecule is Cc1nn(C)cc1C(=O)NC1CC1. The van der Waals surface area contributed by atoms with E-state index in [1.54, 1.807) is 10.9 Å². The summed E-state index contributed by atoms with van der Waals surface area (Å²) in [6, 6.07) is 0.409. The Bertz CT molecular complexity index is 339. The van der Waals surface area contributed by atoms with Gasteiger partial charge in [-0.2, -0.15) is 5.10 Å². The van der Waals surface area contributed by atoms with Crippen molar-refractivity contribution in [3.63, 3.8) is 0 Å². The third kappa shape index (κ3) is 1.71. The molecule has 0 aromatic carbocycles. The lowest BCUT2D eigenvalue weighted by molar-refractivity contribution is 0.0950. The maximum absolute atomic E-state index is 11.6. The van der Waals surface area contributed by atoms with Crippen LogP contribution in [0.3, 0.4) is 0 Å². The summed E-state index contributed by atoms with van der Waals surface area (Å²) in [5.74, 6) is 0.00750. The molecular formula is C9H13N3O. The van der Waals surface area contributed by atoms with E-state index in [-0.39, 0.29) is 5.91 Å². The number of hydrogen-bond donors (Lipinski definition) is 1. The van der Waals surface area contributed by atoms with Crippen LogP contribution in [0, 0.1) is 6.92 Å². The number of carbonyl (C=O) groups is 1. The number of amides is 1. The second-order valence-electron chi connectivity index (χ2n) is 3.55. The highest BCUT2D eigenvalue weighted by Crippen LogP contribution is 2.19. The summed E-state index contributed by atoms with van der Waals surface area (Å²) >= 11 is 0. The molecule has 0 bridgehead atoms. The summed E-state index contributed by atoms with van der Waals surface area (Å²) in [7, 11) is 1.82. The Labute approximate surface area is 76.9 Å². The number of rotatable bonds is 2. The first-order valence-corrected chi connectivity index (χ1v) is 4.48. The fraction of sp³-hybridized carbons (Fsp3) is 0.556. The second kappa shape index (κ2) is 2.87. The number of carbonyl (C=O) groups excluding carboxylic acids is 1. The van der Waals surface area contributed by atoms with Gasteiger partial charge in [0.05, 0.1) is 11.3 Å². The van der Waals surface area contributed by atoms with Crippen LogP contribution in [0.4, 0.5) is 0 Å². The zero-order valence-electron chi connectivity index (χ0n) is 7.87. The van der Waals surface area contributed by atoms with Gasteiger partial charge in [-0.3, -0.25) is 9.48 Å². The summed E-state index contributed by atoms with van der Waals surface area (Å²) in [6.45, 7) is 1.85. The van der Waals surface area contributed by atoms with Gasteiger partial charge < -0.3 is 5.32 Å².